The number of thioether (sulfide) groups is 1. The van der Waals surface area contributed by atoms with Crippen LogP contribution < -0.4 is 5.32 Å². The number of nitrogens with one attached hydrogen (secondary N) is 1. The van der Waals surface area contributed by atoms with Gasteiger partial charge in [-0.05, 0) is 30.9 Å². The standard InChI is InChI=1S/C15H15N3O3S/c1-3-22-14-9-11(7-8-16-14)15(19)17-12-5-4-6-13(10(12)2)18(20)21/h4-9H,3H2,1-2H3,(H,17,19). The zero-order valence-electron chi connectivity index (χ0n) is 12.2. The molecule has 2 rings (SSSR count). The van der Waals surface area contributed by atoms with Crippen LogP contribution >= 0.6 is 11.8 Å². The zero-order chi connectivity index (χ0) is 16.1. The van der Waals surface area contributed by atoms with Crippen molar-refractivity contribution >= 4 is 29.0 Å². The van der Waals surface area contributed by atoms with Gasteiger partial charge in [-0.3, -0.25) is 14.9 Å². The van der Waals surface area contributed by atoms with Gasteiger partial charge in [-0.2, -0.15) is 0 Å². The maximum absolute atomic E-state index is 12.3. The van der Waals surface area contributed by atoms with Crippen molar-refractivity contribution in [2.24, 2.45) is 0 Å². The highest BCUT2D eigenvalue weighted by atomic mass is 32.2. The largest absolute Gasteiger partial charge is 0.321 e. The second-order valence-electron chi connectivity index (χ2n) is 4.48. The Balaban J connectivity index is 2.24. The Bertz CT molecular complexity index is 719. The second-order valence-corrected chi connectivity index (χ2v) is 5.76. The van der Waals surface area contributed by atoms with Crippen LogP contribution in [0.2, 0.25) is 0 Å². The van der Waals surface area contributed by atoms with Crippen molar-refractivity contribution in [2.45, 2.75) is 18.9 Å². The molecule has 1 aromatic carbocycles. The van der Waals surface area contributed by atoms with Gasteiger partial charge in [-0.25, -0.2) is 4.98 Å². The first-order valence-corrected chi connectivity index (χ1v) is 7.65. The number of nitrogens with zero attached hydrogens (tertiary/aromatic N) is 2. The number of amides is 1. The Morgan fingerprint density at radius 3 is 2.86 bits per heavy atom. The molecular formula is C15H15N3O3S. The minimum atomic E-state index is -0.465. The summed E-state index contributed by atoms with van der Waals surface area (Å²) in [4.78, 5) is 26.9. The lowest BCUT2D eigenvalue weighted by atomic mass is 10.1. The fraction of sp³-hybridized carbons (Fsp3) is 0.200. The molecule has 0 fully saturated rings. The fourth-order valence-corrected chi connectivity index (χ4v) is 2.57. The van der Waals surface area contributed by atoms with Crippen LogP contribution in [0.25, 0.3) is 0 Å². The van der Waals surface area contributed by atoms with Gasteiger partial charge in [0.2, 0.25) is 0 Å². The predicted octanol–water partition coefficient (Wildman–Crippen LogP) is 3.66. The van der Waals surface area contributed by atoms with Crippen LogP contribution in [0, 0.1) is 17.0 Å². The average Bonchev–Trinajstić information content (AvgIpc) is 2.49. The molecule has 22 heavy (non-hydrogen) atoms. The van der Waals surface area contributed by atoms with Crippen LogP contribution in [0.1, 0.15) is 22.8 Å². The van der Waals surface area contributed by atoms with E-state index in [2.05, 4.69) is 10.3 Å². The van der Waals surface area contributed by atoms with Gasteiger partial charge in [0.25, 0.3) is 11.6 Å². The maximum Gasteiger partial charge on any atom is 0.274 e. The lowest BCUT2D eigenvalue weighted by Gasteiger charge is -2.09. The highest BCUT2D eigenvalue weighted by Crippen LogP contribution is 2.25. The van der Waals surface area contributed by atoms with E-state index in [1.165, 1.54) is 6.07 Å². The minimum Gasteiger partial charge on any atom is -0.321 e. The van der Waals surface area contributed by atoms with Crippen LogP contribution in [-0.4, -0.2) is 21.6 Å². The zero-order valence-corrected chi connectivity index (χ0v) is 13.0. The summed E-state index contributed by atoms with van der Waals surface area (Å²) in [7, 11) is 0. The summed E-state index contributed by atoms with van der Waals surface area (Å²) in [6.45, 7) is 3.62. The van der Waals surface area contributed by atoms with Crippen molar-refractivity contribution in [1.82, 2.24) is 4.98 Å². The number of nitro benzene ring substituents is 1. The number of hydrogen-bond donors (Lipinski definition) is 1. The summed E-state index contributed by atoms with van der Waals surface area (Å²) in [6, 6.07) is 7.92. The Kier molecular flexibility index (Phi) is 5.11. The molecule has 114 valence electrons. The van der Waals surface area contributed by atoms with Gasteiger partial charge in [0.1, 0.15) is 0 Å². The van der Waals surface area contributed by atoms with E-state index in [0.717, 1.165) is 10.8 Å². The monoisotopic (exact) mass is 317 g/mol. The van der Waals surface area contributed by atoms with E-state index in [1.54, 1.807) is 49.1 Å². The molecule has 1 N–H and O–H groups in total. The second kappa shape index (κ2) is 7.04. The van der Waals surface area contributed by atoms with E-state index in [4.69, 9.17) is 0 Å². The van der Waals surface area contributed by atoms with Crippen LogP contribution in [0.15, 0.2) is 41.6 Å². The topological polar surface area (TPSA) is 85.1 Å². The van der Waals surface area contributed by atoms with Crippen LogP contribution in [-0.2, 0) is 0 Å². The highest BCUT2D eigenvalue weighted by Gasteiger charge is 2.15. The number of benzene rings is 1. The van der Waals surface area contributed by atoms with E-state index >= 15 is 0 Å². The molecule has 1 amide bonds. The normalized spacial score (nSPS) is 10.3. The molecule has 0 unspecified atom stereocenters. The predicted molar refractivity (Wildman–Crippen MR) is 86.4 cm³/mol. The molecule has 1 aromatic heterocycles. The van der Waals surface area contributed by atoms with Crippen molar-refractivity contribution in [3.05, 3.63) is 57.8 Å². The van der Waals surface area contributed by atoms with Gasteiger partial charge in [0.05, 0.1) is 21.2 Å². The Hall–Kier alpha value is -2.41. The summed E-state index contributed by atoms with van der Waals surface area (Å²) in [5.74, 6) is 0.547. The molecule has 0 aliphatic heterocycles. The lowest BCUT2D eigenvalue weighted by Crippen LogP contribution is -2.13. The average molecular weight is 317 g/mol. The van der Waals surface area contributed by atoms with Gasteiger partial charge in [0, 0.05) is 17.8 Å². The number of nitro groups is 1. The first-order chi connectivity index (χ1) is 10.5. The molecule has 0 atom stereocenters. The number of pyridine rings is 1. The van der Waals surface area contributed by atoms with E-state index in [0.29, 0.717) is 16.8 Å². The van der Waals surface area contributed by atoms with Gasteiger partial charge in [0.15, 0.2) is 0 Å². The first kappa shape index (κ1) is 16.0. The van der Waals surface area contributed by atoms with Gasteiger partial charge < -0.3 is 5.32 Å². The summed E-state index contributed by atoms with van der Waals surface area (Å²) in [5, 5.41) is 14.4. The van der Waals surface area contributed by atoms with Gasteiger partial charge in [-0.15, -0.1) is 11.8 Å². The molecular weight excluding hydrogens is 302 g/mol. The third-order valence-electron chi connectivity index (χ3n) is 3.04. The molecule has 0 radical (unpaired) electrons. The molecule has 0 bridgehead atoms. The molecule has 0 spiro atoms. The fourth-order valence-electron chi connectivity index (χ4n) is 1.93. The number of hydrogen-bond acceptors (Lipinski definition) is 5. The minimum absolute atomic E-state index is 0.0187. The lowest BCUT2D eigenvalue weighted by molar-refractivity contribution is -0.385. The molecule has 7 heteroatoms. The summed E-state index contributed by atoms with van der Waals surface area (Å²) in [6.07, 6.45) is 1.58. The molecule has 2 aromatic rings. The molecule has 6 nitrogen and oxygen atoms in total. The molecule has 0 saturated carbocycles. The van der Waals surface area contributed by atoms with Crippen LogP contribution in [0.3, 0.4) is 0 Å². The van der Waals surface area contributed by atoms with Gasteiger partial charge in [-0.1, -0.05) is 13.0 Å². The number of aromatic nitrogens is 1. The van der Waals surface area contributed by atoms with Gasteiger partial charge >= 0.3 is 0 Å². The van der Waals surface area contributed by atoms with E-state index in [9.17, 15) is 14.9 Å². The highest BCUT2D eigenvalue weighted by molar-refractivity contribution is 7.99. The van der Waals surface area contributed by atoms with Crippen LogP contribution in [0.4, 0.5) is 11.4 Å². The number of carbonyl (C=O) groups excluding carboxylic acids is 1. The molecule has 1 heterocycles. The Morgan fingerprint density at radius 2 is 2.18 bits per heavy atom. The third-order valence-corrected chi connectivity index (χ3v) is 3.85. The van der Waals surface area contributed by atoms with E-state index in [1.807, 2.05) is 6.92 Å². The number of anilines is 1. The summed E-state index contributed by atoms with van der Waals surface area (Å²) in [5.41, 5.74) is 1.31. The maximum atomic E-state index is 12.3. The van der Waals surface area contributed by atoms with Crippen molar-refractivity contribution in [2.75, 3.05) is 11.1 Å². The smallest absolute Gasteiger partial charge is 0.274 e. The number of carbonyl (C=O) groups is 1. The third kappa shape index (κ3) is 3.62. The van der Waals surface area contributed by atoms with Crippen molar-refractivity contribution in [3.63, 3.8) is 0 Å². The van der Waals surface area contributed by atoms with E-state index in [-0.39, 0.29) is 11.6 Å². The van der Waals surface area contributed by atoms with Crippen molar-refractivity contribution in [3.8, 4) is 0 Å². The number of rotatable bonds is 5. The SMILES string of the molecule is CCSc1cc(C(=O)Nc2cccc([N+](=O)[O-])c2C)ccn1. The molecule has 0 saturated heterocycles. The molecule has 0 aliphatic rings. The molecule has 0 aliphatic carbocycles. The first-order valence-electron chi connectivity index (χ1n) is 6.67. The van der Waals surface area contributed by atoms with Crippen LogP contribution in [0.5, 0.6) is 0 Å². The summed E-state index contributed by atoms with van der Waals surface area (Å²) >= 11 is 1.54. The van der Waals surface area contributed by atoms with Crippen molar-refractivity contribution < 1.29 is 9.72 Å². The summed E-state index contributed by atoms with van der Waals surface area (Å²) < 4.78 is 0. The van der Waals surface area contributed by atoms with Crippen molar-refractivity contribution in [1.29, 1.82) is 0 Å². The van der Waals surface area contributed by atoms with E-state index < -0.39 is 4.92 Å². The Labute approximate surface area is 132 Å². The Morgan fingerprint density at radius 1 is 1.41 bits per heavy atom. The quantitative estimate of drug-likeness (QED) is 0.517.